The Bertz CT molecular complexity index is 1190. The van der Waals surface area contributed by atoms with Crippen LogP contribution < -0.4 is 11.1 Å². The SMILES string of the molecule is COC(=O)N[C@@H](Cc1ccccc1Cl)C(=O)C[C@@H](C)CCCN1C(=O)[C@@](CC(C)C)(c2ccccc2)N=C1N. The summed E-state index contributed by atoms with van der Waals surface area (Å²) in [4.78, 5) is 45.0. The first-order chi connectivity index (χ1) is 18.6. The molecule has 2 aromatic carbocycles. The maximum absolute atomic E-state index is 13.7. The van der Waals surface area contributed by atoms with Crippen LogP contribution in [0, 0.1) is 11.8 Å². The fourth-order valence-electron chi connectivity index (χ4n) is 5.11. The average molecular weight is 555 g/mol. The van der Waals surface area contributed by atoms with Crippen molar-refractivity contribution in [1.82, 2.24) is 10.2 Å². The van der Waals surface area contributed by atoms with E-state index in [0.717, 1.165) is 11.1 Å². The molecule has 2 amide bonds. The minimum atomic E-state index is -1.01. The Kier molecular flexibility index (Phi) is 10.5. The summed E-state index contributed by atoms with van der Waals surface area (Å²) < 4.78 is 4.72. The predicted molar refractivity (Wildman–Crippen MR) is 153 cm³/mol. The fraction of sp³-hybridized carbons (Fsp3) is 0.467. The average Bonchev–Trinajstić information content (AvgIpc) is 3.14. The number of rotatable bonds is 13. The molecule has 2 aromatic rings. The highest BCUT2D eigenvalue weighted by Crippen LogP contribution is 2.38. The molecule has 1 heterocycles. The van der Waals surface area contributed by atoms with Crippen LogP contribution in [0.1, 0.15) is 57.6 Å². The molecule has 3 atom stereocenters. The molecule has 9 heteroatoms. The lowest BCUT2D eigenvalue weighted by molar-refractivity contribution is -0.132. The van der Waals surface area contributed by atoms with Gasteiger partial charge in [-0.25, -0.2) is 9.79 Å². The molecule has 0 radical (unpaired) electrons. The summed E-state index contributed by atoms with van der Waals surface area (Å²) >= 11 is 6.28. The van der Waals surface area contributed by atoms with Crippen molar-refractivity contribution in [2.45, 2.75) is 64.5 Å². The Morgan fingerprint density at radius 2 is 1.77 bits per heavy atom. The van der Waals surface area contributed by atoms with Gasteiger partial charge in [0.05, 0.1) is 13.2 Å². The highest BCUT2D eigenvalue weighted by atomic mass is 35.5. The number of amides is 2. The molecule has 8 nitrogen and oxygen atoms in total. The third-order valence-electron chi connectivity index (χ3n) is 7.01. The van der Waals surface area contributed by atoms with Crippen LogP contribution in [0.15, 0.2) is 59.6 Å². The van der Waals surface area contributed by atoms with Gasteiger partial charge in [-0.15, -0.1) is 0 Å². The molecule has 0 fully saturated rings. The normalized spacial score (nSPS) is 18.6. The molecule has 0 bridgehead atoms. The van der Waals surface area contributed by atoms with E-state index in [1.54, 1.807) is 11.0 Å². The first kappa shape index (κ1) is 30.2. The number of aliphatic imine (C=N–C) groups is 1. The Hall–Kier alpha value is -3.39. The first-order valence-electron chi connectivity index (χ1n) is 13.4. The largest absolute Gasteiger partial charge is 0.453 e. The van der Waals surface area contributed by atoms with E-state index in [0.29, 0.717) is 30.8 Å². The van der Waals surface area contributed by atoms with Gasteiger partial charge in [-0.05, 0) is 48.3 Å². The summed E-state index contributed by atoms with van der Waals surface area (Å²) in [6.07, 6.45) is 1.78. The van der Waals surface area contributed by atoms with Crippen molar-refractivity contribution in [3.63, 3.8) is 0 Å². The Morgan fingerprint density at radius 1 is 1.10 bits per heavy atom. The van der Waals surface area contributed by atoms with Gasteiger partial charge in [0.25, 0.3) is 5.91 Å². The lowest BCUT2D eigenvalue weighted by atomic mass is 9.82. The zero-order valence-electron chi connectivity index (χ0n) is 23.2. The lowest BCUT2D eigenvalue weighted by Crippen LogP contribution is -2.44. The fourth-order valence-corrected chi connectivity index (χ4v) is 5.32. The van der Waals surface area contributed by atoms with E-state index in [9.17, 15) is 14.4 Å². The minimum Gasteiger partial charge on any atom is -0.453 e. The third kappa shape index (κ3) is 7.60. The third-order valence-corrected chi connectivity index (χ3v) is 7.38. The van der Waals surface area contributed by atoms with Gasteiger partial charge in [-0.1, -0.05) is 80.9 Å². The number of ketones is 1. The second-order valence-electron chi connectivity index (χ2n) is 10.7. The molecule has 0 unspecified atom stereocenters. The number of methoxy groups -OCH3 is 1. The smallest absolute Gasteiger partial charge is 0.407 e. The second kappa shape index (κ2) is 13.6. The van der Waals surface area contributed by atoms with E-state index in [1.807, 2.05) is 55.5 Å². The van der Waals surface area contributed by atoms with Gasteiger partial charge in [0, 0.05) is 24.4 Å². The van der Waals surface area contributed by atoms with Gasteiger partial charge in [-0.2, -0.15) is 0 Å². The molecular weight excluding hydrogens is 516 g/mol. The summed E-state index contributed by atoms with van der Waals surface area (Å²) in [6, 6.07) is 16.1. The molecule has 0 aliphatic carbocycles. The van der Waals surface area contributed by atoms with Crippen molar-refractivity contribution in [3.05, 3.63) is 70.7 Å². The number of carbonyl (C=O) groups excluding carboxylic acids is 3. The quantitative estimate of drug-likeness (QED) is 0.358. The number of alkyl carbamates (subject to hydrolysis) is 1. The Labute approximate surface area is 235 Å². The molecule has 0 aromatic heterocycles. The van der Waals surface area contributed by atoms with E-state index in [-0.39, 0.29) is 42.3 Å². The van der Waals surface area contributed by atoms with Crippen molar-refractivity contribution in [2.75, 3.05) is 13.7 Å². The predicted octanol–water partition coefficient (Wildman–Crippen LogP) is 5.08. The number of carbonyl (C=O) groups is 3. The molecule has 3 rings (SSSR count). The van der Waals surface area contributed by atoms with Crippen LogP contribution in [0.25, 0.3) is 0 Å². The molecule has 0 saturated carbocycles. The van der Waals surface area contributed by atoms with Crippen LogP contribution in [0.3, 0.4) is 0 Å². The van der Waals surface area contributed by atoms with Crippen molar-refractivity contribution in [3.8, 4) is 0 Å². The zero-order chi connectivity index (χ0) is 28.6. The number of halogens is 1. The number of nitrogens with two attached hydrogens (primary N) is 1. The van der Waals surface area contributed by atoms with Gasteiger partial charge in [0.15, 0.2) is 17.3 Å². The van der Waals surface area contributed by atoms with Crippen LogP contribution >= 0.6 is 11.6 Å². The first-order valence-corrected chi connectivity index (χ1v) is 13.8. The van der Waals surface area contributed by atoms with Crippen LogP contribution in [0.5, 0.6) is 0 Å². The maximum atomic E-state index is 13.7. The van der Waals surface area contributed by atoms with Crippen LogP contribution in [0.4, 0.5) is 4.79 Å². The summed E-state index contributed by atoms with van der Waals surface area (Å²) in [5.74, 6) is 0.289. The molecule has 3 N–H and O–H groups in total. The van der Waals surface area contributed by atoms with Crippen molar-refractivity contribution < 1.29 is 19.1 Å². The number of Topliss-reactive ketones (excluding diaryl/α,β-unsaturated/α-hetero) is 1. The van der Waals surface area contributed by atoms with Crippen molar-refractivity contribution in [1.29, 1.82) is 0 Å². The number of hydrogen-bond acceptors (Lipinski definition) is 6. The molecule has 1 aliphatic heterocycles. The summed E-state index contributed by atoms with van der Waals surface area (Å²) in [5, 5.41) is 3.18. The highest BCUT2D eigenvalue weighted by Gasteiger charge is 2.49. The minimum absolute atomic E-state index is 0.0242. The zero-order valence-corrected chi connectivity index (χ0v) is 23.9. The van der Waals surface area contributed by atoms with Gasteiger partial charge in [-0.3, -0.25) is 14.5 Å². The lowest BCUT2D eigenvalue weighted by Gasteiger charge is -2.28. The van der Waals surface area contributed by atoms with E-state index in [4.69, 9.17) is 27.1 Å². The topological polar surface area (TPSA) is 114 Å². The van der Waals surface area contributed by atoms with Gasteiger partial charge >= 0.3 is 6.09 Å². The van der Waals surface area contributed by atoms with Gasteiger partial charge < -0.3 is 15.8 Å². The van der Waals surface area contributed by atoms with E-state index < -0.39 is 17.7 Å². The standard InChI is InChI=1S/C30H39ClN4O4/c1-20(2)19-30(23-13-6-5-7-14-23)27(37)35(28(32)34-30)16-10-11-21(3)17-26(36)25(33-29(38)39-4)18-22-12-8-9-15-24(22)31/h5-9,12-15,20-21,25H,10-11,16-19H2,1-4H3,(H2,32,34)(H,33,38)/t21-,25-,30+/m0/s1. The second-order valence-corrected chi connectivity index (χ2v) is 11.1. The Balaban J connectivity index is 1.61. The van der Waals surface area contributed by atoms with Gasteiger partial charge in [0.1, 0.15) is 0 Å². The van der Waals surface area contributed by atoms with Crippen LogP contribution in [0.2, 0.25) is 5.02 Å². The molecule has 0 spiro atoms. The molecule has 1 aliphatic rings. The maximum Gasteiger partial charge on any atom is 0.407 e. The van der Waals surface area contributed by atoms with Crippen molar-refractivity contribution >= 4 is 35.3 Å². The van der Waals surface area contributed by atoms with Gasteiger partial charge in [0.2, 0.25) is 0 Å². The molecule has 210 valence electrons. The monoisotopic (exact) mass is 554 g/mol. The summed E-state index contributed by atoms with van der Waals surface area (Å²) in [7, 11) is 1.26. The number of nitrogens with zero attached hydrogens (tertiary/aromatic N) is 2. The number of benzene rings is 2. The van der Waals surface area contributed by atoms with E-state index >= 15 is 0 Å². The van der Waals surface area contributed by atoms with E-state index in [1.165, 1.54) is 7.11 Å². The summed E-state index contributed by atoms with van der Waals surface area (Å²) in [6.45, 7) is 6.54. The summed E-state index contributed by atoms with van der Waals surface area (Å²) in [5.41, 5.74) is 6.89. The van der Waals surface area contributed by atoms with Crippen molar-refractivity contribution in [2.24, 2.45) is 22.6 Å². The highest BCUT2D eigenvalue weighted by molar-refractivity contribution is 6.31. The Morgan fingerprint density at radius 3 is 2.41 bits per heavy atom. The number of nitrogens with one attached hydrogen (secondary N) is 1. The number of guanidine groups is 1. The van der Waals surface area contributed by atoms with Crippen LogP contribution in [-0.2, 0) is 26.3 Å². The molecule has 39 heavy (non-hydrogen) atoms. The molecular formula is C30H39ClN4O4. The number of ether oxygens (including phenoxy) is 1. The van der Waals surface area contributed by atoms with E-state index in [2.05, 4.69) is 19.2 Å². The number of hydrogen-bond donors (Lipinski definition) is 2. The molecule has 0 saturated heterocycles. The van der Waals surface area contributed by atoms with Crippen LogP contribution in [-0.4, -0.2) is 48.3 Å².